The van der Waals surface area contributed by atoms with E-state index in [0.717, 1.165) is 5.56 Å². The quantitative estimate of drug-likeness (QED) is 0.674. The van der Waals surface area contributed by atoms with Crippen LogP contribution in [0.3, 0.4) is 0 Å². The molecule has 104 valence electrons. The summed E-state index contributed by atoms with van der Waals surface area (Å²) in [6.45, 7) is 1.87. The Morgan fingerprint density at radius 2 is 1.50 bits per heavy atom. The summed E-state index contributed by atoms with van der Waals surface area (Å²) in [7, 11) is 0. The third-order valence-corrected chi connectivity index (χ3v) is 3.90. The predicted octanol–water partition coefficient (Wildman–Crippen LogP) is 3.64. The van der Waals surface area contributed by atoms with Crippen molar-refractivity contribution >= 4 is 17.4 Å². The van der Waals surface area contributed by atoms with Gasteiger partial charge in [0.15, 0.2) is 5.78 Å². The van der Waals surface area contributed by atoms with Crippen molar-refractivity contribution in [1.29, 1.82) is 0 Å². The first-order valence-corrected chi connectivity index (χ1v) is 7.01. The van der Waals surface area contributed by atoms with Gasteiger partial charge in [-0.15, -0.1) is 11.6 Å². The van der Waals surface area contributed by atoms with E-state index in [1.165, 1.54) is 0 Å². The summed E-state index contributed by atoms with van der Waals surface area (Å²) in [5.74, 6) is -0.450. The molecule has 0 saturated heterocycles. The summed E-state index contributed by atoms with van der Waals surface area (Å²) in [4.78, 5) is 12.2. The van der Waals surface area contributed by atoms with E-state index in [1.807, 2.05) is 43.3 Å². The highest BCUT2D eigenvalue weighted by molar-refractivity contribution is 6.34. The molecule has 0 aromatic heterocycles. The standard InChI is InChI=1S/C17H17ClO2/c1-12(13-8-4-2-5-9-13)16(19)15(18)17(20)14-10-6-3-7-11-14/h2-12,15-16,19H,1H3. The van der Waals surface area contributed by atoms with Crippen molar-refractivity contribution in [3.8, 4) is 0 Å². The van der Waals surface area contributed by atoms with Crippen molar-refractivity contribution in [2.24, 2.45) is 0 Å². The van der Waals surface area contributed by atoms with Gasteiger partial charge in [-0.3, -0.25) is 4.79 Å². The van der Waals surface area contributed by atoms with Crippen LogP contribution in [0.25, 0.3) is 0 Å². The number of carbonyl (C=O) groups is 1. The zero-order valence-electron chi connectivity index (χ0n) is 11.2. The average Bonchev–Trinajstić information content (AvgIpc) is 2.53. The molecule has 0 fully saturated rings. The molecule has 0 bridgehead atoms. The Kier molecular flexibility index (Phi) is 4.94. The molecular weight excluding hydrogens is 272 g/mol. The summed E-state index contributed by atoms with van der Waals surface area (Å²) in [5.41, 5.74) is 1.48. The highest BCUT2D eigenvalue weighted by atomic mass is 35.5. The van der Waals surface area contributed by atoms with Crippen LogP contribution >= 0.6 is 11.6 Å². The van der Waals surface area contributed by atoms with Gasteiger partial charge < -0.3 is 5.11 Å². The summed E-state index contributed by atoms with van der Waals surface area (Å²) < 4.78 is 0. The maximum absolute atomic E-state index is 12.2. The minimum Gasteiger partial charge on any atom is -0.390 e. The molecule has 3 unspecified atom stereocenters. The lowest BCUT2D eigenvalue weighted by molar-refractivity contribution is 0.0857. The van der Waals surface area contributed by atoms with Crippen molar-refractivity contribution in [2.45, 2.75) is 24.3 Å². The number of alkyl halides is 1. The van der Waals surface area contributed by atoms with E-state index in [0.29, 0.717) is 5.56 Å². The number of carbonyl (C=O) groups excluding carboxylic acids is 1. The van der Waals surface area contributed by atoms with Crippen LogP contribution in [0.5, 0.6) is 0 Å². The van der Waals surface area contributed by atoms with Crippen molar-refractivity contribution in [2.75, 3.05) is 0 Å². The zero-order chi connectivity index (χ0) is 14.5. The average molecular weight is 289 g/mol. The van der Waals surface area contributed by atoms with Gasteiger partial charge in [0.05, 0.1) is 6.10 Å². The number of halogens is 1. The highest BCUT2D eigenvalue weighted by Gasteiger charge is 2.30. The minimum absolute atomic E-state index is 0.202. The second kappa shape index (κ2) is 6.69. The molecule has 20 heavy (non-hydrogen) atoms. The van der Waals surface area contributed by atoms with Gasteiger partial charge in [0.25, 0.3) is 0 Å². The molecule has 3 atom stereocenters. The Labute approximate surface area is 124 Å². The van der Waals surface area contributed by atoms with Crippen LogP contribution in [0.15, 0.2) is 60.7 Å². The van der Waals surface area contributed by atoms with Gasteiger partial charge in [-0.2, -0.15) is 0 Å². The molecule has 2 nitrogen and oxygen atoms in total. The van der Waals surface area contributed by atoms with E-state index in [4.69, 9.17) is 11.6 Å². The van der Waals surface area contributed by atoms with E-state index in [1.54, 1.807) is 24.3 Å². The molecule has 2 aromatic rings. The lowest BCUT2D eigenvalue weighted by Gasteiger charge is -2.23. The zero-order valence-corrected chi connectivity index (χ0v) is 12.0. The molecule has 0 aliphatic rings. The number of rotatable bonds is 5. The molecule has 0 amide bonds. The minimum atomic E-state index is -0.951. The number of hydrogen-bond acceptors (Lipinski definition) is 2. The topological polar surface area (TPSA) is 37.3 Å². The van der Waals surface area contributed by atoms with Gasteiger partial charge in [0.2, 0.25) is 0 Å². The van der Waals surface area contributed by atoms with Gasteiger partial charge in [-0.25, -0.2) is 0 Å². The van der Waals surface area contributed by atoms with Gasteiger partial charge in [-0.1, -0.05) is 67.6 Å². The summed E-state index contributed by atoms with van der Waals surface area (Å²) in [6, 6.07) is 18.4. The molecule has 0 saturated carbocycles. The van der Waals surface area contributed by atoms with Crippen LogP contribution in [0.1, 0.15) is 28.8 Å². The molecule has 2 aromatic carbocycles. The van der Waals surface area contributed by atoms with Crippen molar-refractivity contribution < 1.29 is 9.90 Å². The van der Waals surface area contributed by atoms with Crippen molar-refractivity contribution in [3.63, 3.8) is 0 Å². The molecule has 0 radical (unpaired) electrons. The Bertz CT molecular complexity index is 554. The molecule has 1 N–H and O–H groups in total. The number of hydrogen-bond donors (Lipinski definition) is 1. The first kappa shape index (κ1) is 14.8. The van der Waals surface area contributed by atoms with Gasteiger partial charge >= 0.3 is 0 Å². The van der Waals surface area contributed by atoms with Crippen LogP contribution in [0, 0.1) is 0 Å². The van der Waals surface area contributed by atoms with Crippen LogP contribution < -0.4 is 0 Å². The normalized spacial score (nSPS) is 15.3. The first-order valence-electron chi connectivity index (χ1n) is 6.57. The number of Topliss-reactive ketones (excluding diaryl/α,β-unsaturated/α-hetero) is 1. The van der Waals surface area contributed by atoms with E-state index < -0.39 is 11.5 Å². The van der Waals surface area contributed by atoms with Crippen LogP contribution in [0.4, 0.5) is 0 Å². The summed E-state index contributed by atoms with van der Waals surface area (Å²) in [5, 5.41) is 9.37. The summed E-state index contributed by atoms with van der Waals surface area (Å²) in [6.07, 6.45) is -0.924. The van der Waals surface area contributed by atoms with Crippen LogP contribution in [-0.4, -0.2) is 22.4 Å². The smallest absolute Gasteiger partial charge is 0.183 e. The van der Waals surface area contributed by atoms with E-state index >= 15 is 0 Å². The van der Waals surface area contributed by atoms with Crippen molar-refractivity contribution in [1.82, 2.24) is 0 Å². The third-order valence-electron chi connectivity index (χ3n) is 3.45. The Morgan fingerprint density at radius 1 is 1.00 bits per heavy atom. The van der Waals surface area contributed by atoms with Gasteiger partial charge in [0.1, 0.15) is 5.38 Å². The fraction of sp³-hybridized carbons (Fsp3) is 0.235. The SMILES string of the molecule is CC(c1ccccc1)C(O)C(Cl)C(=O)c1ccccc1. The first-order chi connectivity index (χ1) is 9.61. The fourth-order valence-electron chi connectivity index (χ4n) is 2.12. The third kappa shape index (κ3) is 3.27. The molecular formula is C17H17ClO2. The lowest BCUT2D eigenvalue weighted by atomic mass is 9.91. The van der Waals surface area contributed by atoms with Crippen LogP contribution in [-0.2, 0) is 0 Å². The number of benzene rings is 2. The van der Waals surface area contributed by atoms with E-state index in [9.17, 15) is 9.90 Å². The maximum atomic E-state index is 12.2. The number of aliphatic hydroxyl groups excluding tert-OH is 1. The van der Waals surface area contributed by atoms with Crippen LogP contribution in [0.2, 0.25) is 0 Å². The lowest BCUT2D eigenvalue weighted by Crippen LogP contribution is -2.33. The van der Waals surface area contributed by atoms with E-state index in [2.05, 4.69) is 0 Å². The second-order valence-corrected chi connectivity index (χ2v) is 5.29. The Morgan fingerprint density at radius 3 is 2.05 bits per heavy atom. The van der Waals surface area contributed by atoms with E-state index in [-0.39, 0.29) is 11.7 Å². The fourth-order valence-corrected chi connectivity index (χ4v) is 2.47. The molecule has 0 spiro atoms. The largest absolute Gasteiger partial charge is 0.390 e. The Hall–Kier alpha value is -1.64. The molecule has 2 rings (SSSR count). The maximum Gasteiger partial charge on any atom is 0.183 e. The second-order valence-electron chi connectivity index (χ2n) is 4.82. The van der Waals surface area contributed by atoms with Crippen molar-refractivity contribution in [3.05, 3.63) is 71.8 Å². The molecule has 3 heteroatoms. The number of aliphatic hydroxyl groups is 1. The predicted molar refractivity (Wildman–Crippen MR) is 81.3 cm³/mol. The number of ketones is 1. The monoisotopic (exact) mass is 288 g/mol. The summed E-state index contributed by atoms with van der Waals surface area (Å²) >= 11 is 6.16. The molecule has 0 aliphatic carbocycles. The van der Waals surface area contributed by atoms with Gasteiger partial charge in [0, 0.05) is 11.5 Å². The van der Waals surface area contributed by atoms with Gasteiger partial charge in [-0.05, 0) is 5.56 Å². The Balaban J connectivity index is 2.13. The highest BCUT2D eigenvalue weighted by Crippen LogP contribution is 2.25. The molecule has 0 aliphatic heterocycles. The molecule has 0 heterocycles.